The highest BCUT2D eigenvalue weighted by atomic mass is 16.6. The van der Waals surface area contributed by atoms with E-state index >= 15 is 0 Å². The maximum Gasteiger partial charge on any atom is 0.276 e. The lowest BCUT2D eigenvalue weighted by Crippen LogP contribution is -2.11. The molecule has 13 heavy (non-hydrogen) atoms. The number of aliphatic hydroxyl groups is 1. The van der Waals surface area contributed by atoms with Crippen LogP contribution in [-0.4, -0.2) is 10.0 Å². The standard InChI is InChI=1S/C8H10N2O3/c1-5-2-3-6(8(9)11)7(4-5)10(12)13/h2-4,8,11H,9H2,1H3. The first-order chi connectivity index (χ1) is 6.02. The normalized spacial score (nSPS) is 12.5. The minimum Gasteiger partial charge on any atom is -0.374 e. The van der Waals surface area contributed by atoms with Crippen LogP contribution in [0.15, 0.2) is 18.2 Å². The summed E-state index contributed by atoms with van der Waals surface area (Å²) < 4.78 is 0. The molecule has 0 bridgehead atoms. The monoisotopic (exact) mass is 182 g/mol. The van der Waals surface area contributed by atoms with Gasteiger partial charge in [-0.2, -0.15) is 0 Å². The molecule has 3 N–H and O–H groups in total. The Morgan fingerprint density at radius 3 is 2.69 bits per heavy atom. The highest BCUT2D eigenvalue weighted by molar-refractivity contribution is 5.43. The molecule has 0 fully saturated rings. The number of nitro groups is 1. The van der Waals surface area contributed by atoms with E-state index in [0.717, 1.165) is 5.56 Å². The number of aryl methyl sites for hydroxylation is 1. The van der Waals surface area contributed by atoms with Gasteiger partial charge in [0.25, 0.3) is 5.69 Å². The van der Waals surface area contributed by atoms with Gasteiger partial charge in [-0.1, -0.05) is 6.07 Å². The summed E-state index contributed by atoms with van der Waals surface area (Å²) in [5, 5.41) is 19.5. The molecule has 0 spiro atoms. The van der Waals surface area contributed by atoms with Crippen molar-refractivity contribution in [1.82, 2.24) is 0 Å². The molecule has 70 valence electrons. The van der Waals surface area contributed by atoms with Gasteiger partial charge in [-0.05, 0) is 18.6 Å². The maximum atomic E-state index is 10.5. The molecule has 0 aliphatic rings. The van der Waals surface area contributed by atoms with Crippen molar-refractivity contribution in [2.24, 2.45) is 5.73 Å². The van der Waals surface area contributed by atoms with E-state index in [1.807, 2.05) is 0 Å². The van der Waals surface area contributed by atoms with Crippen molar-refractivity contribution in [2.75, 3.05) is 0 Å². The van der Waals surface area contributed by atoms with Crippen LogP contribution in [0.5, 0.6) is 0 Å². The second-order valence-corrected chi connectivity index (χ2v) is 2.76. The Hall–Kier alpha value is -1.46. The average molecular weight is 182 g/mol. The maximum absolute atomic E-state index is 10.5. The van der Waals surface area contributed by atoms with Crippen LogP contribution in [-0.2, 0) is 0 Å². The molecule has 1 aromatic carbocycles. The molecule has 1 aromatic rings. The molecule has 5 heteroatoms. The number of rotatable bonds is 2. The van der Waals surface area contributed by atoms with Crippen LogP contribution >= 0.6 is 0 Å². The predicted molar refractivity (Wildman–Crippen MR) is 47.0 cm³/mol. The van der Waals surface area contributed by atoms with E-state index in [1.54, 1.807) is 13.0 Å². The third-order valence-electron chi connectivity index (χ3n) is 1.70. The van der Waals surface area contributed by atoms with E-state index in [4.69, 9.17) is 10.8 Å². The molecule has 5 nitrogen and oxygen atoms in total. The fourth-order valence-electron chi connectivity index (χ4n) is 1.06. The summed E-state index contributed by atoms with van der Waals surface area (Å²) in [6.45, 7) is 1.74. The molecule has 0 saturated heterocycles. The molecule has 0 radical (unpaired) electrons. The minimum absolute atomic E-state index is 0.135. The fraction of sp³-hybridized carbons (Fsp3) is 0.250. The molecular formula is C8H10N2O3. The quantitative estimate of drug-likeness (QED) is 0.403. The Morgan fingerprint density at radius 2 is 2.23 bits per heavy atom. The molecule has 0 saturated carbocycles. The van der Waals surface area contributed by atoms with Gasteiger partial charge in [0.2, 0.25) is 0 Å². The van der Waals surface area contributed by atoms with E-state index in [-0.39, 0.29) is 11.3 Å². The van der Waals surface area contributed by atoms with Gasteiger partial charge in [0, 0.05) is 6.07 Å². The Labute approximate surface area is 74.9 Å². The highest BCUT2D eigenvalue weighted by Crippen LogP contribution is 2.23. The third-order valence-corrected chi connectivity index (χ3v) is 1.70. The Balaban J connectivity index is 3.27. The van der Waals surface area contributed by atoms with Crippen molar-refractivity contribution in [2.45, 2.75) is 13.2 Å². The van der Waals surface area contributed by atoms with E-state index < -0.39 is 11.2 Å². The van der Waals surface area contributed by atoms with Gasteiger partial charge in [0.15, 0.2) is 0 Å². The van der Waals surface area contributed by atoms with Crippen molar-refractivity contribution >= 4 is 5.69 Å². The van der Waals surface area contributed by atoms with Crippen molar-refractivity contribution < 1.29 is 10.0 Å². The summed E-state index contributed by atoms with van der Waals surface area (Å²) in [6, 6.07) is 4.50. The van der Waals surface area contributed by atoms with Gasteiger partial charge in [-0.3, -0.25) is 10.1 Å². The van der Waals surface area contributed by atoms with Crippen LogP contribution in [0.25, 0.3) is 0 Å². The first-order valence-corrected chi connectivity index (χ1v) is 3.71. The Morgan fingerprint density at radius 1 is 1.62 bits per heavy atom. The third kappa shape index (κ3) is 2.01. The van der Waals surface area contributed by atoms with Crippen LogP contribution in [0, 0.1) is 17.0 Å². The molecule has 0 amide bonds. The topological polar surface area (TPSA) is 89.4 Å². The Bertz CT molecular complexity index is 336. The first kappa shape index (κ1) is 9.63. The number of aliphatic hydroxyl groups excluding tert-OH is 1. The zero-order valence-electron chi connectivity index (χ0n) is 7.10. The van der Waals surface area contributed by atoms with Gasteiger partial charge in [0.1, 0.15) is 6.23 Å². The highest BCUT2D eigenvalue weighted by Gasteiger charge is 2.17. The molecule has 0 aliphatic carbocycles. The first-order valence-electron chi connectivity index (χ1n) is 3.71. The molecular weight excluding hydrogens is 172 g/mol. The van der Waals surface area contributed by atoms with Crippen LogP contribution in [0.4, 0.5) is 5.69 Å². The van der Waals surface area contributed by atoms with Gasteiger partial charge in [-0.25, -0.2) is 0 Å². The molecule has 1 atom stereocenters. The number of nitrogens with two attached hydrogens (primary N) is 1. The SMILES string of the molecule is Cc1ccc(C(N)O)c([N+](=O)[O-])c1. The van der Waals surface area contributed by atoms with Crippen LogP contribution in [0.1, 0.15) is 17.4 Å². The van der Waals surface area contributed by atoms with Gasteiger partial charge in [-0.15, -0.1) is 0 Å². The summed E-state index contributed by atoms with van der Waals surface area (Å²) in [6.07, 6.45) is -1.30. The number of nitrogens with zero attached hydrogens (tertiary/aromatic N) is 1. The second kappa shape index (κ2) is 3.51. The lowest BCUT2D eigenvalue weighted by Gasteiger charge is -2.05. The number of benzene rings is 1. The zero-order valence-corrected chi connectivity index (χ0v) is 7.10. The molecule has 0 heterocycles. The summed E-state index contributed by atoms with van der Waals surface area (Å²) in [5.74, 6) is 0. The average Bonchev–Trinajstić information content (AvgIpc) is 2.03. The number of nitro benzene ring substituents is 1. The lowest BCUT2D eigenvalue weighted by atomic mass is 10.1. The van der Waals surface area contributed by atoms with E-state index in [1.165, 1.54) is 12.1 Å². The summed E-state index contributed by atoms with van der Waals surface area (Å²) in [7, 11) is 0. The van der Waals surface area contributed by atoms with Crippen molar-refractivity contribution in [3.05, 3.63) is 39.4 Å². The van der Waals surface area contributed by atoms with E-state index in [9.17, 15) is 10.1 Å². The fourth-order valence-corrected chi connectivity index (χ4v) is 1.06. The summed E-state index contributed by atoms with van der Waals surface area (Å²) in [4.78, 5) is 9.96. The molecule has 1 unspecified atom stereocenters. The lowest BCUT2D eigenvalue weighted by molar-refractivity contribution is -0.386. The largest absolute Gasteiger partial charge is 0.374 e. The summed E-state index contributed by atoms with van der Waals surface area (Å²) >= 11 is 0. The van der Waals surface area contributed by atoms with Gasteiger partial charge in [0.05, 0.1) is 10.5 Å². The van der Waals surface area contributed by atoms with E-state index in [0.29, 0.717) is 0 Å². The Kier molecular flexibility index (Phi) is 2.60. The predicted octanol–water partition coefficient (Wildman–Crippen LogP) is 0.853. The second-order valence-electron chi connectivity index (χ2n) is 2.76. The number of hydrogen-bond acceptors (Lipinski definition) is 4. The van der Waals surface area contributed by atoms with Gasteiger partial charge >= 0.3 is 0 Å². The minimum atomic E-state index is -1.30. The van der Waals surface area contributed by atoms with Crippen molar-refractivity contribution in [3.63, 3.8) is 0 Å². The van der Waals surface area contributed by atoms with Crippen molar-refractivity contribution in [3.8, 4) is 0 Å². The van der Waals surface area contributed by atoms with E-state index in [2.05, 4.69) is 0 Å². The molecule has 1 rings (SSSR count). The van der Waals surface area contributed by atoms with Crippen LogP contribution in [0.3, 0.4) is 0 Å². The van der Waals surface area contributed by atoms with Gasteiger partial charge < -0.3 is 10.8 Å². The van der Waals surface area contributed by atoms with Crippen molar-refractivity contribution in [1.29, 1.82) is 0 Å². The van der Waals surface area contributed by atoms with Crippen LogP contribution in [0.2, 0.25) is 0 Å². The summed E-state index contributed by atoms with van der Waals surface area (Å²) in [5.41, 5.74) is 5.91. The molecule has 0 aromatic heterocycles. The zero-order chi connectivity index (χ0) is 10.0. The smallest absolute Gasteiger partial charge is 0.276 e. The molecule has 0 aliphatic heterocycles. The number of hydrogen-bond donors (Lipinski definition) is 2. The van der Waals surface area contributed by atoms with Crippen LogP contribution < -0.4 is 5.73 Å².